The van der Waals surface area contributed by atoms with Gasteiger partial charge in [-0.05, 0) is 79.8 Å². The highest BCUT2D eigenvalue weighted by molar-refractivity contribution is 6.28. The molecule has 0 unspecified atom stereocenters. The number of aromatic nitrogens is 2. The van der Waals surface area contributed by atoms with E-state index in [1.54, 1.807) is 9.46 Å². The van der Waals surface area contributed by atoms with Crippen LogP contribution >= 0.6 is 0 Å². The second kappa shape index (κ2) is 23.6. The average molecular weight is 777 g/mol. The third kappa shape index (κ3) is 12.8. The number of pyridine rings is 2. The number of rotatable bonds is 16. The lowest BCUT2D eigenvalue weighted by molar-refractivity contribution is -0.892. The van der Waals surface area contributed by atoms with Gasteiger partial charge in [0.1, 0.15) is 11.5 Å². The third-order valence-electron chi connectivity index (χ3n) is 8.79. The highest BCUT2D eigenvalue weighted by Crippen LogP contribution is 2.43. The molecule has 0 atom stereocenters. The molecule has 0 aliphatic heterocycles. The molecule has 2 heterocycles. The number of hydrogen-bond donors (Lipinski definition) is 0. The summed E-state index contributed by atoms with van der Waals surface area (Å²) in [4.78, 5) is 10.8. The molecule has 0 amide bonds. The predicted octanol–water partition coefficient (Wildman–Crippen LogP) is 6.95. The van der Waals surface area contributed by atoms with Gasteiger partial charge in [0, 0.05) is 33.6 Å². The Morgan fingerprint density at radius 3 is 1.16 bits per heavy atom. The summed E-state index contributed by atoms with van der Waals surface area (Å²) in [5, 5.41) is 21.4. The minimum atomic E-state index is -2.23. The summed E-state index contributed by atoms with van der Waals surface area (Å²) in [6, 6.07) is 61.6. The van der Waals surface area contributed by atoms with Crippen molar-refractivity contribution in [3.63, 3.8) is 0 Å². The minimum Gasteiger partial charge on any atom is -0.871 e. The lowest BCUT2D eigenvalue weighted by atomic mass is 9.67. The average Bonchev–Trinajstić information content (AvgIpc) is 3.27. The normalized spacial score (nSPS) is 10.5. The largest absolute Gasteiger partial charge is 0.871 e. The summed E-state index contributed by atoms with van der Waals surface area (Å²) in [6.07, 6.45) is 4.99. The van der Waals surface area contributed by atoms with Crippen LogP contribution in [-0.4, -0.2) is 27.1 Å². The van der Waals surface area contributed by atoms with Gasteiger partial charge in [-0.3, -0.25) is 9.68 Å². The summed E-state index contributed by atoms with van der Waals surface area (Å²) < 4.78 is 19.4. The number of ether oxygens (including phenoxy) is 2. The Bertz CT molecular complexity index is 1960. The lowest BCUT2D eigenvalue weighted by Crippen LogP contribution is -2.48. The molecule has 7 aromatic rings. The molecule has 7 rings (SSSR count). The first-order valence-corrected chi connectivity index (χ1v) is 19.4. The highest BCUT2D eigenvalue weighted by atomic mass is 16.7. The molecular formula is C48H49BN2O7. The standard InChI is InChI=1S/C22H21BO3.2C13H14NO2/c24-23(25)26-18-10-17-22(19-11-4-1-5-12-19,20-13-6-2-7-14-20)21-15-8-3-9-16-21;2*1-2-15-14-11-7-6-10-13(14)16-12-8-4-3-5-9-12/h1-9,11-16H,10,17-18H2;2*3-11H,2H2,1H3/q-2;2*+1. The summed E-state index contributed by atoms with van der Waals surface area (Å²) in [7, 11) is -2.23. The maximum atomic E-state index is 10.7. The molecule has 0 saturated carbocycles. The summed E-state index contributed by atoms with van der Waals surface area (Å²) in [5.74, 6) is 2.91. The van der Waals surface area contributed by atoms with Crippen molar-refractivity contribution in [2.75, 3.05) is 19.8 Å². The van der Waals surface area contributed by atoms with E-state index < -0.39 is 7.32 Å². The second-order valence-electron chi connectivity index (χ2n) is 12.7. The van der Waals surface area contributed by atoms with E-state index >= 15 is 0 Å². The second-order valence-corrected chi connectivity index (χ2v) is 12.7. The molecule has 0 radical (unpaired) electrons. The van der Waals surface area contributed by atoms with Crippen LogP contribution in [0.4, 0.5) is 0 Å². The van der Waals surface area contributed by atoms with Crippen molar-refractivity contribution in [1.29, 1.82) is 0 Å². The van der Waals surface area contributed by atoms with Gasteiger partial charge in [0.25, 0.3) is 0 Å². The Morgan fingerprint density at radius 2 is 0.810 bits per heavy atom. The zero-order valence-electron chi connectivity index (χ0n) is 32.9. The van der Waals surface area contributed by atoms with Crippen molar-refractivity contribution in [2.24, 2.45) is 0 Å². The molecule has 0 N–H and O–H groups in total. The van der Waals surface area contributed by atoms with Crippen LogP contribution in [-0.2, 0) is 10.1 Å². The molecule has 0 spiro atoms. The van der Waals surface area contributed by atoms with E-state index in [2.05, 4.69) is 36.4 Å². The topological polar surface area (TPSA) is 100 Å². The van der Waals surface area contributed by atoms with Gasteiger partial charge in [0.2, 0.25) is 12.4 Å². The number of nitrogens with zero attached hydrogens (tertiary/aromatic N) is 2. The maximum Gasteiger partial charge on any atom is 0.422 e. The van der Waals surface area contributed by atoms with Crippen LogP contribution in [0.25, 0.3) is 0 Å². The van der Waals surface area contributed by atoms with Crippen molar-refractivity contribution in [1.82, 2.24) is 0 Å². The van der Waals surface area contributed by atoms with Crippen LogP contribution in [0.15, 0.2) is 200 Å². The summed E-state index contributed by atoms with van der Waals surface area (Å²) >= 11 is 0. The van der Waals surface area contributed by atoms with Gasteiger partial charge in [-0.25, -0.2) is 0 Å². The Morgan fingerprint density at radius 1 is 0.466 bits per heavy atom. The SMILES string of the molecule is CCO[n+]1ccccc1Oc1ccccc1.CCO[n+]1ccccc1Oc1ccccc1.[O-]B([O-])OCCCC(c1ccccc1)(c1ccccc1)c1ccccc1. The van der Waals surface area contributed by atoms with Gasteiger partial charge < -0.3 is 24.2 Å². The molecule has 0 saturated heterocycles. The smallest absolute Gasteiger partial charge is 0.422 e. The minimum absolute atomic E-state index is 0.159. The molecule has 10 heteroatoms. The van der Waals surface area contributed by atoms with Gasteiger partial charge >= 0.3 is 11.8 Å². The molecule has 0 fully saturated rings. The van der Waals surface area contributed by atoms with Gasteiger partial charge in [-0.1, -0.05) is 127 Å². The van der Waals surface area contributed by atoms with Crippen molar-refractivity contribution in [3.05, 3.63) is 217 Å². The van der Waals surface area contributed by atoms with Crippen LogP contribution in [0, 0.1) is 0 Å². The number of benzene rings is 5. The lowest BCUT2D eigenvalue weighted by Gasteiger charge is -2.37. The molecule has 0 aliphatic rings. The fraction of sp³-hybridized carbons (Fsp3) is 0.167. The first-order valence-electron chi connectivity index (χ1n) is 19.4. The zero-order chi connectivity index (χ0) is 40.7. The van der Waals surface area contributed by atoms with Crippen molar-refractivity contribution in [3.8, 4) is 23.3 Å². The first-order chi connectivity index (χ1) is 28.5. The van der Waals surface area contributed by atoms with Crippen LogP contribution in [0.3, 0.4) is 0 Å². The molecule has 5 aromatic carbocycles. The molecule has 9 nitrogen and oxygen atoms in total. The monoisotopic (exact) mass is 776 g/mol. The van der Waals surface area contributed by atoms with Crippen molar-refractivity contribution < 1.29 is 43.3 Å². The van der Waals surface area contributed by atoms with Crippen LogP contribution in [0.2, 0.25) is 0 Å². The predicted molar refractivity (Wildman–Crippen MR) is 221 cm³/mol. The third-order valence-corrected chi connectivity index (χ3v) is 8.79. The molecule has 58 heavy (non-hydrogen) atoms. The summed E-state index contributed by atoms with van der Waals surface area (Å²) in [5.41, 5.74) is 3.17. The van der Waals surface area contributed by atoms with Gasteiger partial charge in [0.15, 0.2) is 13.2 Å². The molecular weight excluding hydrogens is 727 g/mol. The Hall–Kier alpha value is -6.46. The van der Waals surface area contributed by atoms with E-state index in [1.165, 1.54) is 16.7 Å². The fourth-order valence-electron chi connectivity index (χ4n) is 6.31. The van der Waals surface area contributed by atoms with Crippen molar-refractivity contribution >= 4 is 7.32 Å². The van der Waals surface area contributed by atoms with E-state index in [1.807, 2.05) is 178 Å². The molecule has 296 valence electrons. The number of hydrogen-bond acceptors (Lipinski definition) is 7. The van der Waals surface area contributed by atoms with E-state index in [0.717, 1.165) is 17.9 Å². The van der Waals surface area contributed by atoms with Gasteiger partial charge in [-0.2, -0.15) is 0 Å². The van der Waals surface area contributed by atoms with Crippen LogP contribution in [0.5, 0.6) is 23.3 Å². The number of para-hydroxylation sites is 2. The van der Waals surface area contributed by atoms with E-state index in [9.17, 15) is 10.0 Å². The maximum absolute atomic E-state index is 10.7. The van der Waals surface area contributed by atoms with E-state index in [0.29, 0.717) is 31.4 Å². The van der Waals surface area contributed by atoms with Gasteiger partial charge in [-0.15, -0.1) is 0 Å². The zero-order valence-corrected chi connectivity index (χ0v) is 32.9. The first kappa shape index (κ1) is 42.7. The Kier molecular flexibility index (Phi) is 17.3. The van der Waals surface area contributed by atoms with Crippen LogP contribution in [0.1, 0.15) is 43.4 Å². The Labute approximate surface area is 342 Å². The molecule has 0 bridgehead atoms. The van der Waals surface area contributed by atoms with Crippen LogP contribution < -0.4 is 38.7 Å². The van der Waals surface area contributed by atoms with E-state index in [4.69, 9.17) is 23.8 Å². The van der Waals surface area contributed by atoms with Gasteiger partial charge in [0.05, 0.1) is 19.5 Å². The fourth-order valence-corrected chi connectivity index (χ4v) is 6.31. The highest BCUT2D eigenvalue weighted by Gasteiger charge is 2.35. The molecule has 2 aromatic heterocycles. The quantitative estimate of drug-likeness (QED) is 0.0454. The molecule has 0 aliphatic carbocycles. The van der Waals surface area contributed by atoms with E-state index in [-0.39, 0.29) is 12.0 Å². The Balaban J connectivity index is 0.000000174. The van der Waals surface area contributed by atoms with Crippen molar-refractivity contribution in [2.45, 2.75) is 32.1 Å². The summed E-state index contributed by atoms with van der Waals surface area (Å²) in [6.45, 7) is 5.23.